The van der Waals surface area contributed by atoms with Crippen molar-refractivity contribution in [1.29, 1.82) is 0 Å². The summed E-state index contributed by atoms with van der Waals surface area (Å²) in [6.45, 7) is 0.554. The molecule has 0 saturated heterocycles. The first-order valence-electron chi connectivity index (χ1n) is 5.68. The lowest BCUT2D eigenvalue weighted by molar-refractivity contribution is -0.137. The van der Waals surface area contributed by atoms with Gasteiger partial charge in [-0.05, 0) is 18.2 Å². The molecule has 0 fully saturated rings. The number of thioether (sulfide) groups is 1. The fourth-order valence-electron chi connectivity index (χ4n) is 1.54. The van der Waals surface area contributed by atoms with Gasteiger partial charge in [-0.2, -0.15) is 13.2 Å². The van der Waals surface area contributed by atoms with Gasteiger partial charge in [0.05, 0.1) is 22.7 Å². The van der Waals surface area contributed by atoms with Crippen molar-refractivity contribution in [2.24, 2.45) is 15.2 Å². The molecule has 1 aliphatic heterocycles. The molecule has 1 aromatic rings. The Morgan fingerprint density at radius 3 is 2.52 bits per heavy atom. The molecule has 21 heavy (non-hydrogen) atoms. The predicted octanol–water partition coefficient (Wildman–Crippen LogP) is 3.30. The second-order valence-electron chi connectivity index (χ2n) is 4.16. The summed E-state index contributed by atoms with van der Waals surface area (Å²) in [5.41, 5.74) is -1.58. The largest absolute Gasteiger partial charge is 0.418 e. The molecule has 0 atom stereocenters. The molecule has 0 saturated carbocycles. The number of azo groups is 1. The van der Waals surface area contributed by atoms with Crippen LogP contribution >= 0.6 is 11.8 Å². The number of aliphatic imine (C=N–C) groups is 1. The van der Waals surface area contributed by atoms with Crippen LogP contribution in [0.25, 0.3) is 0 Å². The average Bonchev–Trinajstić information content (AvgIpc) is 2.87. The first-order valence-corrected chi connectivity index (χ1v) is 8.56. The monoisotopic (exact) mass is 337 g/mol. The summed E-state index contributed by atoms with van der Waals surface area (Å²) in [7, 11) is -3.73. The Labute approximate surface area is 123 Å². The minimum atomic E-state index is -4.72. The molecule has 0 unspecified atom stereocenters. The van der Waals surface area contributed by atoms with Crippen molar-refractivity contribution in [3.8, 4) is 0 Å². The van der Waals surface area contributed by atoms with Gasteiger partial charge in [-0.25, -0.2) is 8.42 Å². The van der Waals surface area contributed by atoms with Gasteiger partial charge in [-0.3, -0.25) is 4.99 Å². The number of hydrogen-bond acceptors (Lipinski definition) is 6. The molecule has 0 aromatic heterocycles. The summed E-state index contributed by atoms with van der Waals surface area (Å²) >= 11 is 1.29. The van der Waals surface area contributed by atoms with Crippen LogP contribution in [0.5, 0.6) is 0 Å². The lowest BCUT2D eigenvalue weighted by Crippen LogP contribution is -2.07. The van der Waals surface area contributed by atoms with Crippen molar-refractivity contribution < 1.29 is 21.6 Å². The molecule has 0 spiro atoms. The summed E-state index contributed by atoms with van der Waals surface area (Å²) < 4.78 is 61.6. The summed E-state index contributed by atoms with van der Waals surface area (Å²) in [5.74, 6) is 0.716. The van der Waals surface area contributed by atoms with E-state index in [9.17, 15) is 21.6 Å². The molecular weight excluding hydrogens is 327 g/mol. The van der Waals surface area contributed by atoms with E-state index in [0.717, 1.165) is 18.4 Å². The van der Waals surface area contributed by atoms with Crippen molar-refractivity contribution in [2.75, 3.05) is 18.6 Å². The van der Waals surface area contributed by atoms with Gasteiger partial charge in [-0.1, -0.05) is 11.8 Å². The highest BCUT2D eigenvalue weighted by Crippen LogP contribution is 2.38. The van der Waals surface area contributed by atoms with Gasteiger partial charge in [0, 0.05) is 12.0 Å². The number of nitrogens with zero attached hydrogens (tertiary/aromatic N) is 3. The number of halogens is 3. The maximum atomic E-state index is 13.0. The van der Waals surface area contributed by atoms with E-state index in [4.69, 9.17) is 0 Å². The molecule has 0 bridgehead atoms. The van der Waals surface area contributed by atoms with Crippen molar-refractivity contribution in [3.63, 3.8) is 0 Å². The summed E-state index contributed by atoms with van der Waals surface area (Å²) in [5, 5.41) is 7.50. The van der Waals surface area contributed by atoms with Crippen LogP contribution in [0, 0.1) is 0 Å². The molecular formula is C11H10F3N3O2S2. The van der Waals surface area contributed by atoms with Crippen LogP contribution in [0.4, 0.5) is 18.9 Å². The molecule has 0 radical (unpaired) electrons. The summed E-state index contributed by atoms with van der Waals surface area (Å²) in [4.78, 5) is 3.53. The zero-order valence-corrected chi connectivity index (χ0v) is 12.4. The van der Waals surface area contributed by atoms with Gasteiger partial charge >= 0.3 is 6.18 Å². The van der Waals surface area contributed by atoms with Gasteiger partial charge < -0.3 is 0 Å². The van der Waals surface area contributed by atoms with E-state index < -0.39 is 32.2 Å². The molecule has 1 aromatic carbocycles. The van der Waals surface area contributed by atoms with E-state index in [1.807, 2.05) is 0 Å². The van der Waals surface area contributed by atoms with E-state index in [2.05, 4.69) is 15.2 Å². The zero-order chi connectivity index (χ0) is 15.7. The summed E-state index contributed by atoms with van der Waals surface area (Å²) in [6.07, 6.45) is -3.88. The van der Waals surface area contributed by atoms with E-state index in [-0.39, 0.29) is 0 Å². The van der Waals surface area contributed by atoms with Gasteiger partial charge in [-0.15, -0.1) is 10.2 Å². The number of benzene rings is 1. The van der Waals surface area contributed by atoms with Crippen LogP contribution in [0.3, 0.4) is 0 Å². The minimum absolute atomic E-state index is 0.315. The third kappa shape index (κ3) is 4.03. The van der Waals surface area contributed by atoms with Gasteiger partial charge in [0.15, 0.2) is 9.84 Å². The van der Waals surface area contributed by atoms with E-state index >= 15 is 0 Å². The fraction of sp³-hybridized carbons (Fsp3) is 0.364. The second kappa shape index (κ2) is 5.76. The number of hydrogen-bond donors (Lipinski definition) is 0. The molecule has 1 heterocycles. The van der Waals surface area contributed by atoms with Crippen molar-refractivity contribution in [3.05, 3.63) is 23.8 Å². The van der Waals surface area contributed by atoms with E-state index in [1.165, 1.54) is 11.8 Å². The number of rotatable bonds is 2. The highest BCUT2D eigenvalue weighted by molar-refractivity contribution is 8.14. The van der Waals surface area contributed by atoms with Crippen molar-refractivity contribution in [1.82, 2.24) is 0 Å². The van der Waals surface area contributed by atoms with Crippen LogP contribution in [-0.2, 0) is 16.0 Å². The SMILES string of the molecule is CS(=O)(=O)c1ccc(/N=N/C2=NCCS2)c(C(F)(F)F)c1. The third-order valence-corrected chi connectivity index (χ3v) is 4.48. The quantitative estimate of drug-likeness (QED) is 0.778. The van der Waals surface area contributed by atoms with Gasteiger partial charge in [0.2, 0.25) is 5.17 Å². The topological polar surface area (TPSA) is 71.2 Å². The lowest BCUT2D eigenvalue weighted by Gasteiger charge is -2.10. The zero-order valence-electron chi connectivity index (χ0n) is 10.8. The van der Waals surface area contributed by atoms with Gasteiger partial charge in [0.1, 0.15) is 0 Å². The smallest absolute Gasteiger partial charge is 0.258 e. The summed E-state index contributed by atoms with van der Waals surface area (Å²) in [6, 6.07) is 2.62. The second-order valence-corrected chi connectivity index (χ2v) is 7.24. The van der Waals surface area contributed by atoms with E-state index in [0.29, 0.717) is 23.5 Å². The normalized spacial score (nSPS) is 16.5. The number of alkyl halides is 3. The first-order chi connectivity index (χ1) is 9.68. The van der Waals surface area contributed by atoms with Crippen molar-refractivity contribution in [2.45, 2.75) is 11.1 Å². The Hall–Kier alpha value is -1.42. The third-order valence-electron chi connectivity index (χ3n) is 2.51. The fourth-order valence-corrected chi connectivity index (χ4v) is 2.83. The van der Waals surface area contributed by atoms with Crippen molar-refractivity contribution >= 4 is 32.5 Å². The molecule has 0 aliphatic carbocycles. The number of amidine groups is 1. The predicted molar refractivity (Wildman–Crippen MR) is 73.8 cm³/mol. The molecule has 114 valence electrons. The Balaban J connectivity index is 2.45. The lowest BCUT2D eigenvalue weighted by atomic mass is 10.2. The molecule has 2 rings (SSSR count). The Morgan fingerprint density at radius 2 is 2.00 bits per heavy atom. The van der Waals surface area contributed by atoms with Crippen LogP contribution < -0.4 is 0 Å². The standard InChI is InChI=1S/C11H10F3N3O2S2/c1-21(18,19)7-2-3-9(8(6-7)11(12,13)14)16-17-10-15-4-5-20-10/h2-3,6H,4-5H2,1H3/b17-16+. The van der Waals surface area contributed by atoms with E-state index in [1.54, 1.807) is 0 Å². The van der Waals surface area contributed by atoms with Gasteiger partial charge in [0.25, 0.3) is 0 Å². The van der Waals surface area contributed by atoms with Crippen LogP contribution in [-0.4, -0.2) is 32.1 Å². The Bertz CT molecular complexity index is 712. The van der Waals surface area contributed by atoms with Crippen LogP contribution in [0.2, 0.25) is 0 Å². The Kier molecular flexibility index (Phi) is 4.38. The molecule has 10 heteroatoms. The highest BCUT2D eigenvalue weighted by atomic mass is 32.2. The first kappa shape index (κ1) is 16.0. The van der Waals surface area contributed by atoms with Crippen LogP contribution in [0.1, 0.15) is 5.56 Å². The highest BCUT2D eigenvalue weighted by Gasteiger charge is 2.34. The molecule has 0 N–H and O–H groups in total. The molecule has 1 aliphatic rings. The average molecular weight is 337 g/mol. The molecule has 5 nitrogen and oxygen atoms in total. The van der Waals surface area contributed by atoms with Crippen LogP contribution in [0.15, 0.2) is 38.3 Å². The molecule has 0 amide bonds. The maximum Gasteiger partial charge on any atom is 0.418 e. The minimum Gasteiger partial charge on any atom is -0.258 e. The maximum absolute atomic E-state index is 13.0. The number of sulfone groups is 1. The Morgan fingerprint density at radius 1 is 1.29 bits per heavy atom.